The summed E-state index contributed by atoms with van der Waals surface area (Å²) in [6.07, 6.45) is 1.65. The van der Waals surface area contributed by atoms with Crippen molar-refractivity contribution in [3.8, 4) is 17.3 Å². The molecule has 0 radical (unpaired) electrons. The van der Waals surface area contributed by atoms with E-state index in [-0.39, 0.29) is 13.6 Å². The first-order valence-electron chi connectivity index (χ1n) is 10.9. The number of rotatable bonds is 5. The van der Waals surface area contributed by atoms with Gasteiger partial charge in [-0.25, -0.2) is 14.4 Å². The Bertz CT molecular complexity index is 1350. The van der Waals surface area contributed by atoms with E-state index in [2.05, 4.69) is 39.7 Å². The number of hydrogen-bond acceptors (Lipinski definition) is 5. The van der Waals surface area contributed by atoms with Gasteiger partial charge in [0.05, 0.1) is 39.0 Å². The van der Waals surface area contributed by atoms with E-state index >= 15 is 0 Å². The minimum Gasteiger partial charge on any atom is -0.378 e. The van der Waals surface area contributed by atoms with Crippen molar-refractivity contribution < 1.29 is 4.39 Å². The second kappa shape index (κ2) is 11.3. The monoisotopic (exact) mass is 493 g/mol. The molecule has 0 aliphatic rings. The minimum atomic E-state index is -0.468. The molecule has 3 aromatic heterocycles. The van der Waals surface area contributed by atoms with Gasteiger partial charge in [-0.2, -0.15) is 5.26 Å². The molecule has 0 unspecified atom stereocenters. The maximum atomic E-state index is 15.0. The summed E-state index contributed by atoms with van der Waals surface area (Å²) < 4.78 is 15.0. The smallest absolute Gasteiger partial charge is 0.151 e. The van der Waals surface area contributed by atoms with Crippen LogP contribution in [-0.2, 0) is 6.54 Å². The summed E-state index contributed by atoms with van der Waals surface area (Å²) in [5.74, 6) is -0.468. The molecule has 0 atom stereocenters. The summed E-state index contributed by atoms with van der Waals surface area (Å²) in [6, 6.07) is 14.6. The van der Waals surface area contributed by atoms with Crippen molar-refractivity contribution in [1.29, 1.82) is 5.26 Å². The summed E-state index contributed by atoms with van der Waals surface area (Å²) in [7, 11) is -0.340. The van der Waals surface area contributed by atoms with Crippen molar-refractivity contribution in [2.45, 2.75) is 27.3 Å². The van der Waals surface area contributed by atoms with Crippen LogP contribution in [0, 0.1) is 24.1 Å². The number of nitriles is 1. The molecule has 0 spiro atoms. The Kier molecular flexibility index (Phi) is 8.50. The molecule has 8 heteroatoms. The van der Waals surface area contributed by atoms with Gasteiger partial charge in [-0.1, -0.05) is 45.5 Å². The van der Waals surface area contributed by atoms with Crippen molar-refractivity contribution in [3.63, 3.8) is 0 Å². The van der Waals surface area contributed by atoms with Gasteiger partial charge in [0.2, 0.25) is 0 Å². The molecule has 0 saturated heterocycles. The van der Waals surface area contributed by atoms with Crippen molar-refractivity contribution in [1.82, 2.24) is 15.0 Å². The topological polar surface area (TPSA) is 74.5 Å². The van der Waals surface area contributed by atoms with Crippen molar-refractivity contribution in [2.24, 2.45) is 0 Å². The quantitative estimate of drug-likeness (QED) is 0.314. The molecule has 0 saturated carbocycles. The van der Waals surface area contributed by atoms with E-state index in [9.17, 15) is 4.39 Å². The van der Waals surface area contributed by atoms with E-state index in [1.165, 1.54) is 6.07 Å². The lowest BCUT2D eigenvalue weighted by Crippen LogP contribution is -2.06. The van der Waals surface area contributed by atoms with Crippen molar-refractivity contribution in [2.75, 3.05) is 18.6 Å². The van der Waals surface area contributed by atoms with Crippen LogP contribution in [0.2, 0.25) is 5.02 Å². The van der Waals surface area contributed by atoms with Crippen LogP contribution >= 0.6 is 19.5 Å². The maximum Gasteiger partial charge on any atom is 0.151 e. The number of pyridine rings is 3. The van der Waals surface area contributed by atoms with Crippen LogP contribution in [0.5, 0.6) is 0 Å². The predicted octanol–water partition coefficient (Wildman–Crippen LogP) is 6.67. The van der Waals surface area contributed by atoms with Crippen molar-refractivity contribution >= 4 is 41.7 Å². The third kappa shape index (κ3) is 5.50. The first kappa shape index (κ1) is 25.5. The Hall–Kier alpha value is -3.13. The van der Waals surface area contributed by atoms with E-state index in [0.717, 1.165) is 11.0 Å². The molecule has 0 aliphatic carbocycles. The largest absolute Gasteiger partial charge is 0.378 e. The van der Waals surface area contributed by atoms with Gasteiger partial charge in [0.25, 0.3) is 0 Å². The predicted molar refractivity (Wildman–Crippen MR) is 141 cm³/mol. The van der Waals surface area contributed by atoms with E-state index in [1.54, 1.807) is 25.3 Å². The van der Waals surface area contributed by atoms with Crippen LogP contribution in [0.15, 0.2) is 48.7 Å². The fourth-order valence-electron chi connectivity index (χ4n) is 3.36. The molecule has 174 valence electrons. The lowest BCUT2D eigenvalue weighted by Gasteiger charge is -2.14. The van der Waals surface area contributed by atoms with Gasteiger partial charge in [0.15, 0.2) is 5.82 Å². The third-order valence-corrected chi connectivity index (χ3v) is 6.67. The number of aryl methyl sites for hydroxylation is 1. The molecule has 0 aliphatic heterocycles. The van der Waals surface area contributed by atoms with E-state index in [0.29, 0.717) is 45.1 Å². The fourth-order valence-corrected chi connectivity index (χ4v) is 4.22. The molecule has 34 heavy (non-hydrogen) atoms. The Labute approximate surface area is 205 Å². The molecule has 0 amide bonds. The molecule has 1 aromatic carbocycles. The number of anilines is 1. The van der Waals surface area contributed by atoms with Crippen LogP contribution in [0.3, 0.4) is 0 Å². The average Bonchev–Trinajstić information content (AvgIpc) is 2.85. The summed E-state index contributed by atoms with van der Waals surface area (Å²) in [4.78, 5) is 13.5. The number of hydrogen-bond donors (Lipinski definition) is 1. The van der Waals surface area contributed by atoms with E-state index in [1.807, 2.05) is 38.1 Å². The number of nitrogens with one attached hydrogen (secondary N) is 1. The zero-order chi connectivity index (χ0) is 24.8. The normalized spacial score (nSPS) is 10.6. The standard InChI is InChI=1S/C24H20ClFN5P.C2H6/c1-14-21(25)24(29-12-16-6-4-5-15(9-16)11-27)23-19(30-14)10-18(26)22(31-23)17-7-8-20(28-13-17)32(2)3;1-2/h4-10,13H,12H2,1-3H3,(H,29,30);1-2H3. The molecule has 4 rings (SSSR count). The highest BCUT2D eigenvalue weighted by Gasteiger charge is 2.17. The van der Waals surface area contributed by atoms with Crippen LogP contribution in [-0.4, -0.2) is 28.3 Å². The number of halogens is 2. The highest BCUT2D eigenvalue weighted by atomic mass is 35.5. The lowest BCUT2D eigenvalue weighted by molar-refractivity contribution is 0.628. The summed E-state index contributed by atoms with van der Waals surface area (Å²) >= 11 is 6.57. The molecular weight excluding hydrogens is 468 g/mol. The van der Waals surface area contributed by atoms with Crippen LogP contribution in [0.25, 0.3) is 22.3 Å². The first-order chi connectivity index (χ1) is 16.4. The Morgan fingerprint density at radius 3 is 2.53 bits per heavy atom. The van der Waals surface area contributed by atoms with Crippen molar-refractivity contribution in [3.05, 3.63) is 76.3 Å². The Morgan fingerprint density at radius 2 is 1.88 bits per heavy atom. The lowest BCUT2D eigenvalue weighted by atomic mass is 10.1. The molecule has 5 nitrogen and oxygen atoms in total. The van der Waals surface area contributed by atoms with Gasteiger partial charge < -0.3 is 5.32 Å². The number of nitrogens with zero attached hydrogens (tertiary/aromatic N) is 4. The van der Waals surface area contributed by atoms with Gasteiger partial charge in [-0.15, -0.1) is 0 Å². The molecular formula is C26H26ClFN5P. The molecule has 0 fully saturated rings. The Morgan fingerprint density at radius 1 is 1.12 bits per heavy atom. The van der Waals surface area contributed by atoms with E-state index in [4.69, 9.17) is 16.9 Å². The van der Waals surface area contributed by atoms with E-state index < -0.39 is 5.82 Å². The van der Waals surface area contributed by atoms with Crippen LogP contribution in [0.4, 0.5) is 10.1 Å². The SMILES string of the molecule is CC.Cc1nc2cc(F)c(-c3ccc(P(C)C)nc3)nc2c(NCc2cccc(C#N)c2)c1Cl. The van der Waals surface area contributed by atoms with Crippen LogP contribution < -0.4 is 10.8 Å². The fraction of sp³-hybridized carbons (Fsp3) is 0.231. The summed E-state index contributed by atoms with van der Waals surface area (Å²) in [6.45, 7) is 10.4. The number of fused-ring (bicyclic) bond motifs is 1. The second-order valence-corrected chi connectivity index (χ2v) is 10.2. The first-order valence-corrected chi connectivity index (χ1v) is 13.5. The van der Waals surface area contributed by atoms with Gasteiger partial charge in [-0.05, 0) is 50.1 Å². The Balaban J connectivity index is 0.00000158. The highest BCUT2D eigenvalue weighted by Crippen LogP contribution is 2.34. The maximum absolute atomic E-state index is 15.0. The summed E-state index contributed by atoms with van der Waals surface area (Å²) in [5.41, 5.74) is 5.32. The molecule has 0 bridgehead atoms. The van der Waals surface area contributed by atoms with Crippen LogP contribution in [0.1, 0.15) is 30.7 Å². The second-order valence-electron chi connectivity index (χ2n) is 7.54. The molecule has 1 N–H and O–H groups in total. The zero-order valence-electron chi connectivity index (χ0n) is 19.8. The number of aromatic nitrogens is 3. The van der Waals surface area contributed by atoms with Gasteiger partial charge >= 0.3 is 0 Å². The van der Waals surface area contributed by atoms with Gasteiger partial charge in [-0.3, -0.25) is 4.98 Å². The molecule has 3 heterocycles. The third-order valence-electron chi connectivity index (χ3n) is 5.02. The summed E-state index contributed by atoms with van der Waals surface area (Å²) in [5, 5.41) is 12.9. The molecule has 4 aromatic rings. The minimum absolute atomic E-state index is 0.198. The van der Waals surface area contributed by atoms with Gasteiger partial charge in [0, 0.05) is 24.4 Å². The zero-order valence-corrected chi connectivity index (χ0v) is 21.5. The van der Waals surface area contributed by atoms with Gasteiger partial charge in [0.1, 0.15) is 11.2 Å². The number of benzene rings is 1. The highest BCUT2D eigenvalue weighted by molar-refractivity contribution is 7.63. The average molecular weight is 494 g/mol.